The van der Waals surface area contributed by atoms with Crippen LogP contribution in [0.1, 0.15) is 64.2 Å². The quantitative estimate of drug-likeness (QED) is 0.562. The molecule has 0 amide bonds. The lowest BCUT2D eigenvalue weighted by Crippen LogP contribution is -2.39. The van der Waals surface area contributed by atoms with Gasteiger partial charge in [0.05, 0.1) is 24.7 Å². The summed E-state index contributed by atoms with van der Waals surface area (Å²) in [6.07, 6.45) is 9.02. The topological polar surface area (TPSA) is 105 Å². The molecule has 3 aliphatic rings. The van der Waals surface area contributed by atoms with Crippen molar-refractivity contribution in [3.8, 4) is 11.6 Å². The first kappa shape index (κ1) is 24.4. The minimum absolute atomic E-state index is 0.0928. The highest BCUT2D eigenvalue weighted by atomic mass is 16.5. The van der Waals surface area contributed by atoms with E-state index in [4.69, 9.17) is 14.0 Å². The number of carbonyl (C=O) groups is 1. The molecule has 3 fully saturated rings. The Morgan fingerprint density at radius 1 is 1.00 bits per heavy atom. The van der Waals surface area contributed by atoms with Crippen LogP contribution in [0.5, 0.6) is 11.6 Å². The van der Waals surface area contributed by atoms with E-state index in [2.05, 4.69) is 10.1 Å². The van der Waals surface area contributed by atoms with Gasteiger partial charge in [-0.1, -0.05) is 6.07 Å². The van der Waals surface area contributed by atoms with Crippen molar-refractivity contribution in [3.63, 3.8) is 0 Å². The van der Waals surface area contributed by atoms with E-state index in [1.165, 1.54) is 0 Å². The highest BCUT2D eigenvalue weighted by Crippen LogP contribution is 2.36. The number of benzene rings is 1. The number of hydrogen-bond acceptors (Lipinski definition) is 7. The van der Waals surface area contributed by atoms with Crippen molar-refractivity contribution in [3.05, 3.63) is 18.2 Å². The lowest BCUT2D eigenvalue weighted by atomic mass is 9.81. The van der Waals surface area contributed by atoms with Crippen LogP contribution in [-0.2, 0) is 4.79 Å². The summed E-state index contributed by atoms with van der Waals surface area (Å²) in [6, 6.07) is 5.74. The Labute approximate surface area is 206 Å². The summed E-state index contributed by atoms with van der Waals surface area (Å²) in [5.41, 5.74) is 0.667. The van der Waals surface area contributed by atoms with Gasteiger partial charge in [-0.05, 0) is 106 Å². The molecule has 2 aromatic rings. The van der Waals surface area contributed by atoms with Crippen LogP contribution >= 0.6 is 0 Å². The molecule has 2 aliphatic carbocycles. The summed E-state index contributed by atoms with van der Waals surface area (Å²) in [4.78, 5) is 13.7. The normalized spacial score (nSPS) is 28.7. The Morgan fingerprint density at radius 3 is 2.46 bits per heavy atom. The molecular weight excluding hydrogens is 448 g/mol. The van der Waals surface area contributed by atoms with Crippen molar-refractivity contribution >= 4 is 16.9 Å². The molecule has 8 heteroatoms. The van der Waals surface area contributed by atoms with Crippen LogP contribution in [0.15, 0.2) is 22.7 Å². The van der Waals surface area contributed by atoms with Crippen LogP contribution in [0.4, 0.5) is 0 Å². The second-order valence-electron chi connectivity index (χ2n) is 10.8. The first-order chi connectivity index (χ1) is 17.0. The Morgan fingerprint density at radius 2 is 1.74 bits per heavy atom. The summed E-state index contributed by atoms with van der Waals surface area (Å²) in [6.45, 7) is 3.83. The Hall–Kier alpha value is -2.32. The summed E-state index contributed by atoms with van der Waals surface area (Å²) in [5, 5.41) is 24.0. The molecule has 0 unspecified atom stereocenters. The number of rotatable bonds is 8. The number of carboxylic acids is 1. The minimum atomic E-state index is -0.628. The largest absolute Gasteiger partial charge is 0.489 e. The van der Waals surface area contributed by atoms with Gasteiger partial charge >= 0.3 is 5.97 Å². The van der Waals surface area contributed by atoms with Crippen LogP contribution in [-0.4, -0.2) is 64.7 Å². The van der Waals surface area contributed by atoms with Crippen molar-refractivity contribution < 1.29 is 29.0 Å². The molecule has 0 radical (unpaired) electrons. The smallest absolute Gasteiger partial charge is 0.306 e. The van der Waals surface area contributed by atoms with E-state index in [1.807, 2.05) is 18.2 Å². The van der Waals surface area contributed by atoms with Gasteiger partial charge < -0.3 is 29.1 Å². The molecule has 0 spiro atoms. The number of likely N-dealkylation sites (tertiary alicyclic amines) is 1. The number of aliphatic hydroxyl groups excluding tert-OH is 1. The lowest BCUT2D eigenvalue weighted by molar-refractivity contribution is -0.143. The Balaban J connectivity index is 1.10. The van der Waals surface area contributed by atoms with E-state index in [1.54, 1.807) is 0 Å². The zero-order valence-electron chi connectivity index (χ0n) is 20.4. The molecular formula is C27H38N2O6. The van der Waals surface area contributed by atoms with E-state index in [0.717, 1.165) is 95.0 Å². The molecule has 1 aliphatic heterocycles. The maximum atomic E-state index is 11.2. The van der Waals surface area contributed by atoms with E-state index < -0.39 is 5.97 Å². The molecule has 192 valence electrons. The molecule has 5 rings (SSSR count). The number of piperidine rings is 1. The number of nitrogens with zero attached hydrogens (tertiary/aromatic N) is 2. The zero-order valence-corrected chi connectivity index (χ0v) is 20.4. The fourth-order valence-corrected chi connectivity index (χ4v) is 5.96. The van der Waals surface area contributed by atoms with Crippen LogP contribution < -0.4 is 9.47 Å². The number of carboxylic acid groups (broad SMARTS) is 1. The summed E-state index contributed by atoms with van der Waals surface area (Å²) < 4.78 is 18.0. The van der Waals surface area contributed by atoms with Gasteiger partial charge in [-0.25, -0.2) is 0 Å². The van der Waals surface area contributed by atoms with Gasteiger partial charge in [0.2, 0.25) is 0 Å². The molecule has 35 heavy (non-hydrogen) atoms. The predicted molar refractivity (Wildman–Crippen MR) is 131 cm³/mol. The van der Waals surface area contributed by atoms with E-state index >= 15 is 0 Å². The number of fused-ring (bicyclic) bond motifs is 1. The molecule has 2 saturated carbocycles. The second kappa shape index (κ2) is 11.2. The fourth-order valence-electron chi connectivity index (χ4n) is 5.96. The molecule has 2 heterocycles. The molecule has 1 aromatic heterocycles. The third kappa shape index (κ3) is 6.09. The molecule has 8 nitrogen and oxygen atoms in total. The van der Waals surface area contributed by atoms with Gasteiger partial charge in [0.1, 0.15) is 11.1 Å². The van der Waals surface area contributed by atoms with Gasteiger partial charge in [0.25, 0.3) is 5.88 Å². The molecule has 1 aromatic carbocycles. The standard InChI is InChI=1S/C27H38N2O6/c30-21-8-10-22(11-9-21)34-23-2-1-3-24-25(23)26(28-35-24)33-17-19-12-14-29(15-13-19)16-18-4-6-20(7-5-18)27(31)32/h1-3,18-22,30H,4-17H2,(H,31,32)/t18-,20-,21-,22+. The highest BCUT2D eigenvalue weighted by molar-refractivity contribution is 5.88. The van der Waals surface area contributed by atoms with E-state index in [9.17, 15) is 15.0 Å². The minimum Gasteiger partial charge on any atom is -0.489 e. The van der Waals surface area contributed by atoms with Gasteiger partial charge in [-0.15, -0.1) is 0 Å². The van der Waals surface area contributed by atoms with Gasteiger partial charge in [0, 0.05) is 6.54 Å². The molecule has 0 atom stereocenters. The van der Waals surface area contributed by atoms with E-state index in [-0.39, 0.29) is 18.1 Å². The van der Waals surface area contributed by atoms with Gasteiger partial charge in [-0.2, -0.15) is 0 Å². The van der Waals surface area contributed by atoms with Crippen molar-refractivity contribution in [2.24, 2.45) is 17.8 Å². The summed E-state index contributed by atoms with van der Waals surface area (Å²) in [7, 11) is 0. The summed E-state index contributed by atoms with van der Waals surface area (Å²) >= 11 is 0. The van der Waals surface area contributed by atoms with Crippen molar-refractivity contribution in [2.75, 3.05) is 26.2 Å². The van der Waals surface area contributed by atoms with Crippen molar-refractivity contribution in [1.29, 1.82) is 0 Å². The average Bonchev–Trinajstić information content (AvgIpc) is 3.29. The first-order valence-electron chi connectivity index (χ1n) is 13.4. The predicted octanol–water partition coefficient (Wildman–Crippen LogP) is 4.49. The fraction of sp³-hybridized carbons (Fsp3) is 0.704. The number of ether oxygens (including phenoxy) is 2. The number of hydrogen-bond donors (Lipinski definition) is 2. The maximum Gasteiger partial charge on any atom is 0.306 e. The molecule has 0 bridgehead atoms. The Bertz CT molecular complexity index is 969. The maximum absolute atomic E-state index is 11.2. The SMILES string of the molecule is O=C(O)[C@H]1CC[C@H](CN2CCC(COc3noc4cccc(O[C@H]5CC[C@@H](O)CC5)c34)CC2)CC1. The number of aromatic nitrogens is 1. The van der Waals surface area contributed by atoms with Crippen molar-refractivity contribution in [1.82, 2.24) is 10.1 Å². The van der Waals surface area contributed by atoms with Crippen LogP contribution in [0.3, 0.4) is 0 Å². The van der Waals surface area contributed by atoms with Crippen LogP contribution in [0.25, 0.3) is 11.0 Å². The number of aliphatic hydroxyl groups is 1. The second-order valence-corrected chi connectivity index (χ2v) is 10.8. The van der Waals surface area contributed by atoms with Gasteiger partial charge in [0.15, 0.2) is 5.58 Å². The Kier molecular flexibility index (Phi) is 7.78. The van der Waals surface area contributed by atoms with Crippen LogP contribution in [0.2, 0.25) is 0 Å². The third-order valence-corrected chi connectivity index (χ3v) is 8.24. The molecule has 1 saturated heterocycles. The monoisotopic (exact) mass is 486 g/mol. The first-order valence-corrected chi connectivity index (χ1v) is 13.4. The lowest BCUT2D eigenvalue weighted by Gasteiger charge is -2.36. The number of aliphatic carboxylic acids is 1. The van der Waals surface area contributed by atoms with Crippen LogP contribution in [0, 0.1) is 17.8 Å². The van der Waals surface area contributed by atoms with E-state index in [0.29, 0.717) is 29.9 Å². The molecule has 2 N–H and O–H groups in total. The zero-order chi connectivity index (χ0) is 24.2. The third-order valence-electron chi connectivity index (χ3n) is 8.24. The highest BCUT2D eigenvalue weighted by Gasteiger charge is 2.29. The average molecular weight is 487 g/mol. The van der Waals surface area contributed by atoms with Crippen molar-refractivity contribution in [2.45, 2.75) is 76.4 Å². The summed E-state index contributed by atoms with van der Waals surface area (Å²) in [5.74, 6) is 1.59. The van der Waals surface area contributed by atoms with Gasteiger partial charge in [-0.3, -0.25) is 4.79 Å².